The van der Waals surface area contributed by atoms with E-state index in [1.807, 2.05) is 0 Å². The number of anilines is 1. The smallest absolute Gasteiger partial charge is 0.310 e. The van der Waals surface area contributed by atoms with E-state index >= 15 is 0 Å². The fourth-order valence-electron chi connectivity index (χ4n) is 4.57. The summed E-state index contributed by atoms with van der Waals surface area (Å²) in [6.07, 6.45) is 1.61. The second-order valence-corrected chi connectivity index (χ2v) is 9.30. The van der Waals surface area contributed by atoms with Crippen molar-refractivity contribution in [2.45, 2.75) is 32.7 Å². The number of amides is 2. The molecule has 3 aromatic carbocycles. The van der Waals surface area contributed by atoms with Crippen LogP contribution in [0.2, 0.25) is 0 Å². The third-order valence-corrected chi connectivity index (χ3v) is 6.57. The van der Waals surface area contributed by atoms with Crippen molar-refractivity contribution in [2.24, 2.45) is 5.92 Å². The van der Waals surface area contributed by atoms with Crippen LogP contribution in [0.5, 0.6) is 0 Å². The number of ether oxygens (including phenoxy) is 1. The summed E-state index contributed by atoms with van der Waals surface area (Å²) in [4.78, 5) is 41.6. The Kier molecular flexibility index (Phi) is 8.84. The predicted octanol–water partition coefficient (Wildman–Crippen LogP) is 5.16. The highest BCUT2D eigenvalue weighted by molar-refractivity contribution is 6.06. The molecule has 6 nitrogen and oxygen atoms in total. The fourth-order valence-corrected chi connectivity index (χ4v) is 4.57. The van der Waals surface area contributed by atoms with Crippen molar-refractivity contribution in [3.63, 3.8) is 0 Å². The number of hydrogen-bond acceptors (Lipinski definition) is 4. The van der Waals surface area contributed by atoms with E-state index in [0.29, 0.717) is 37.4 Å². The van der Waals surface area contributed by atoms with Crippen LogP contribution in [0.25, 0.3) is 0 Å². The summed E-state index contributed by atoms with van der Waals surface area (Å²) in [7, 11) is 0. The van der Waals surface area contributed by atoms with Gasteiger partial charge in [-0.25, -0.2) is 8.78 Å². The molecule has 0 radical (unpaired) electrons. The van der Waals surface area contributed by atoms with Crippen LogP contribution in [-0.4, -0.2) is 42.4 Å². The molecule has 1 atom stereocenters. The van der Waals surface area contributed by atoms with Gasteiger partial charge in [0.1, 0.15) is 11.6 Å². The van der Waals surface area contributed by atoms with E-state index in [4.69, 9.17) is 4.74 Å². The average molecular weight is 521 g/mol. The first-order valence-corrected chi connectivity index (χ1v) is 12.7. The van der Waals surface area contributed by atoms with Crippen molar-refractivity contribution >= 4 is 23.5 Å². The third-order valence-electron chi connectivity index (χ3n) is 6.57. The van der Waals surface area contributed by atoms with Crippen LogP contribution in [0.1, 0.15) is 41.3 Å². The van der Waals surface area contributed by atoms with Crippen molar-refractivity contribution < 1.29 is 27.9 Å². The summed E-state index contributed by atoms with van der Waals surface area (Å²) in [5, 5.41) is 0. The number of carbonyl (C=O) groups is 3. The van der Waals surface area contributed by atoms with Gasteiger partial charge < -0.3 is 14.5 Å². The Bertz CT molecular complexity index is 1280. The van der Waals surface area contributed by atoms with E-state index in [-0.39, 0.29) is 42.1 Å². The van der Waals surface area contributed by atoms with Crippen molar-refractivity contribution in [2.75, 3.05) is 24.6 Å². The molecule has 198 valence electrons. The Morgan fingerprint density at radius 3 is 2.34 bits per heavy atom. The van der Waals surface area contributed by atoms with E-state index in [9.17, 15) is 23.2 Å². The molecular weight excluding hydrogens is 490 g/mol. The molecule has 0 aliphatic carbocycles. The van der Waals surface area contributed by atoms with E-state index < -0.39 is 11.7 Å². The highest BCUT2D eigenvalue weighted by Gasteiger charge is 2.29. The molecule has 1 aliphatic rings. The number of nitrogens with zero attached hydrogens (tertiary/aromatic N) is 2. The molecule has 1 aliphatic heterocycles. The van der Waals surface area contributed by atoms with Crippen LogP contribution in [0, 0.1) is 17.6 Å². The van der Waals surface area contributed by atoms with Crippen LogP contribution in [0.3, 0.4) is 0 Å². The van der Waals surface area contributed by atoms with E-state index in [0.717, 1.165) is 12.0 Å². The number of hydrogen-bond donors (Lipinski definition) is 0. The van der Waals surface area contributed by atoms with Crippen LogP contribution in [0.15, 0.2) is 72.8 Å². The van der Waals surface area contributed by atoms with Gasteiger partial charge in [0.2, 0.25) is 5.91 Å². The quantitative estimate of drug-likeness (QED) is 0.385. The molecule has 1 saturated heterocycles. The zero-order valence-electron chi connectivity index (χ0n) is 21.2. The molecule has 0 N–H and O–H groups in total. The summed E-state index contributed by atoms with van der Waals surface area (Å²) in [5.74, 6) is -1.95. The van der Waals surface area contributed by atoms with E-state index in [2.05, 4.69) is 0 Å². The van der Waals surface area contributed by atoms with Gasteiger partial charge in [-0.05, 0) is 73.4 Å². The maximum Gasteiger partial charge on any atom is 0.310 e. The van der Waals surface area contributed by atoms with E-state index in [1.54, 1.807) is 48.2 Å². The Balaban J connectivity index is 1.49. The molecule has 0 spiro atoms. The molecule has 1 fully saturated rings. The first-order chi connectivity index (χ1) is 18.3. The SMILES string of the molecule is CCOC(=O)[C@@H]1CCCN(C(=O)Cc2ccc(N(Cc3ccc(F)cc3)C(=O)c3cccc(F)c3)cc2)C1. The van der Waals surface area contributed by atoms with Crippen LogP contribution >= 0.6 is 0 Å². The largest absolute Gasteiger partial charge is 0.466 e. The molecule has 4 rings (SSSR count). The number of benzene rings is 3. The number of likely N-dealkylation sites (tertiary alicyclic amines) is 1. The number of piperidine rings is 1. The minimum Gasteiger partial charge on any atom is -0.466 e. The van der Waals surface area contributed by atoms with Crippen molar-refractivity contribution in [1.29, 1.82) is 0 Å². The lowest BCUT2D eigenvalue weighted by Gasteiger charge is -2.31. The van der Waals surface area contributed by atoms with Gasteiger partial charge in [-0.1, -0.05) is 30.3 Å². The monoisotopic (exact) mass is 520 g/mol. The van der Waals surface area contributed by atoms with Gasteiger partial charge in [0, 0.05) is 24.3 Å². The van der Waals surface area contributed by atoms with E-state index in [1.165, 1.54) is 41.3 Å². The Labute approximate surface area is 220 Å². The van der Waals surface area contributed by atoms with Crippen molar-refractivity contribution in [3.05, 3.63) is 101 Å². The van der Waals surface area contributed by atoms with Gasteiger partial charge in [-0.3, -0.25) is 14.4 Å². The minimum atomic E-state index is -0.519. The van der Waals surface area contributed by atoms with Crippen molar-refractivity contribution in [1.82, 2.24) is 4.90 Å². The molecule has 3 aromatic rings. The lowest BCUT2D eigenvalue weighted by atomic mass is 9.97. The molecule has 0 unspecified atom stereocenters. The van der Waals surface area contributed by atoms with Gasteiger partial charge in [0.25, 0.3) is 5.91 Å². The van der Waals surface area contributed by atoms with Crippen LogP contribution < -0.4 is 4.90 Å². The first-order valence-electron chi connectivity index (χ1n) is 12.7. The van der Waals surface area contributed by atoms with Crippen LogP contribution in [-0.2, 0) is 27.3 Å². The topological polar surface area (TPSA) is 66.9 Å². The number of esters is 1. The van der Waals surface area contributed by atoms with Gasteiger partial charge in [-0.15, -0.1) is 0 Å². The summed E-state index contributed by atoms with van der Waals surface area (Å²) < 4.78 is 32.4. The molecule has 2 amide bonds. The van der Waals surface area contributed by atoms with Crippen LogP contribution in [0.4, 0.5) is 14.5 Å². The number of halogens is 2. The molecule has 1 heterocycles. The summed E-state index contributed by atoms with van der Waals surface area (Å²) >= 11 is 0. The summed E-state index contributed by atoms with van der Waals surface area (Å²) in [5.41, 5.74) is 2.21. The predicted molar refractivity (Wildman–Crippen MR) is 139 cm³/mol. The number of rotatable bonds is 8. The molecule has 0 bridgehead atoms. The first kappa shape index (κ1) is 27.0. The minimum absolute atomic E-state index is 0.0780. The highest BCUT2D eigenvalue weighted by atomic mass is 19.1. The van der Waals surface area contributed by atoms with Gasteiger partial charge >= 0.3 is 5.97 Å². The molecule has 0 aromatic heterocycles. The Hall–Kier alpha value is -4.07. The van der Waals surface area contributed by atoms with Crippen molar-refractivity contribution in [3.8, 4) is 0 Å². The Morgan fingerprint density at radius 2 is 1.66 bits per heavy atom. The second-order valence-electron chi connectivity index (χ2n) is 9.30. The standard InChI is InChI=1S/C30H30F2N2O4/c1-2-38-30(37)24-6-4-16-33(20-24)28(35)17-21-10-14-27(15-11-21)34(19-22-8-12-25(31)13-9-22)29(36)23-5-3-7-26(32)18-23/h3,5,7-15,18,24H,2,4,6,16-17,19-20H2,1H3/t24-/m1/s1. The zero-order valence-corrected chi connectivity index (χ0v) is 21.2. The lowest BCUT2D eigenvalue weighted by molar-refractivity contribution is -0.151. The summed E-state index contributed by atoms with van der Waals surface area (Å²) in [6, 6.07) is 18.3. The molecule has 8 heteroatoms. The third kappa shape index (κ3) is 6.82. The normalized spacial score (nSPS) is 15.1. The maximum atomic E-state index is 13.8. The number of carbonyl (C=O) groups excluding carboxylic acids is 3. The zero-order chi connectivity index (χ0) is 27.1. The van der Waals surface area contributed by atoms with Gasteiger partial charge in [-0.2, -0.15) is 0 Å². The highest BCUT2D eigenvalue weighted by Crippen LogP contribution is 2.23. The summed E-state index contributed by atoms with van der Waals surface area (Å²) in [6.45, 7) is 3.18. The lowest BCUT2D eigenvalue weighted by Crippen LogP contribution is -2.43. The average Bonchev–Trinajstić information content (AvgIpc) is 2.93. The van der Waals surface area contributed by atoms with Gasteiger partial charge in [0.15, 0.2) is 0 Å². The molecule has 38 heavy (non-hydrogen) atoms. The fraction of sp³-hybridized carbons (Fsp3) is 0.300. The Morgan fingerprint density at radius 1 is 0.947 bits per heavy atom. The van der Waals surface area contributed by atoms with Gasteiger partial charge in [0.05, 0.1) is 25.5 Å². The second kappa shape index (κ2) is 12.4. The maximum absolute atomic E-state index is 13.8. The molecular formula is C30H30F2N2O4. The molecule has 0 saturated carbocycles.